The highest BCUT2D eigenvalue weighted by atomic mass is 32.2. The Bertz CT molecular complexity index is 1050. The zero-order valence-electron chi connectivity index (χ0n) is 19.1. The number of ether oxygens (including phenoxy) is 1. The van der Waals surface area contributed by atoms with Crippen LogP contribution in [0, 0.1) is 5.92 Å². The van der Waals surface area contributed by atoms with E-state index in [-0.39, 0.29) is 22.8 Å². The minimum Gasteiger partial charge on any atom is -0.376 e. The molecule has 2 aromatic rings. The van der Waals surface area contributed by atoms with Crippen molar-refractivity contribution in [3.8, 4) is 0 Å². The molecule has 0 radical (unpaired) electrons. The van der Waals surface area contributed by atoms with E-state index < -0.39 is 0 Å². The molecule has 3 aliphatic rings. The van der Waals surface area contributed by atoms with Gasteiger partial charge in [0.1, 0.15) is 4.83 Å². The lowest BCUT2D eigenvalue weighted by atomic mass is 9.97. The summed E-state index contributed by atoms with van der Waals surface area (Å²) in [5, 5.41) is 1.22. The van der Waals surface area contributed by atoms with Crippen molar-refractivity contribution in [3.05, 3.63) is 20.8 Å². The van der Waals surface area contributed by atoms with Crippen molar-refractivity contribution >= 4 is 39.2 Å². The van der Waals surface area contributed by atoms with E-state index in [0.29, 0.717) is 17.6 Å². The van der Waals surface area contributed by atoms with E-state index in [0.717, 1.165) is 74.9 Å². The Hall–Kier alpha value is -1.38. The van der Waals surface area contributed by atoms with Gasteiger partial charge in [-0.1, -0.05) is 18.7 Å². The molecule has 5 rings (SSSR count). The maximum atomic E-state index is 13.7. The normalized spacial score (nSPS) is 22.9. The maximum absolute atomic E-state index is 13.7. The fraction of sp³-hybridized carbons (Fsp3) is 0.708. The van der Waals surface area contributed by atoms with Crippen molar-refractivity contribution in [2.75, 3.05) is 19.7 Å². The molecule has 0 bridgehead atoms. The van der Waals surface area contributed by atoms with Crippen LogP contribution in [-0.2, 0) is 28.9 Å². The number of likely N-dealkylation sites (tertiary alicyclic amines) is 1. The third-order valence-corrected chi connectivity index (χ3v) is 9.44. The average Bonchev–Trinajstić information content (AvgIpc) is 3.43. The van der Waals surface area contributed by atoms with Crippen LogP contribution in [0.4, 0.5) is 0 Å². The number of hydrogen-bond acceptors (Lipinski definition) is 6. The third kappa shape index (κ3) is 4.38. The van der Waals surface area contributed by atoms with Crippen LogP contribution in [0.5, 0.6) is 0 Å². The van der Waals surface area contributed by atoms with Crippen molar-refractivity contribution in [1.82, 2.24) is 14.5 Å². The minimum absolute atomic E-state index is 0.0513. The number of fused-ring (bicyclic) bond motifs is 3. The quantitative estimate of drug-likeness (QED) is 0.478. The molecule has 0 N–H and O–H groups in total. The van der Waals surface area contributed by atoms with Crippen molar-refractivity contribution in [2.24, 2.45) is 5.92 Å². The molecular formula is C24H33N3O3S2. The lowest BCUT2D eigenvalue weighted by Gasteiger charge is -2.32. The average molecular weight is 476 g/mol. The van der Waals surface area contributed by atoms with E-state index in [1.807, 2.05) is 16.4 Å². The standard InChI is InChI=1S/C24H33N3O3S2/c1-15-9-11-26(12-10-15)22(28)16(2)31-24-25-21-20(18-7-3-4-8-19(18)32-21)23(29)27(24)14-17-6-5-13-30-17/h15-17H,3-14H2,1-2H3. The number of nitrogens with zero attached hydrogens (tertiary/aromatic N) is 3. The number of carbonyl (C=O) groups excluding carboxylic acids is 1. The van der Waals surface area contributed by atoms with E-state index in [4.69, 9.17) is 9.72 Å². The molecular weight excluding hydrogens is 442 g/mol. The molecule has 1 aliphatic carbocycles. The first kappa shape index (κ1) is 22.4. The van der Waals surface area contributed by atoms with Crippen LogP contribution >= 0.6 is 23.1 Å². The van der Waals surface area contributed by atoms with Crippen LogP contribution in [0.2, 0.25) is 0 Å². The van der Waals surface area contributed by atoms with Crippen LogP contribution in [-0.4, -0.2) is 51.4 Å². The Morgan fingerprint density at radius 1 is 1.22 bits per heavy atom. The molecule has 0 spiro atoms. The summed E-state index contributed by atoms with van der Waals surface area (Å²) in [7, 11) is 0. The predicted molar refractivity (Wildman–Crippen MR) is 130 cm³/mol. The zero-order chi connectivity index (χ0) is 22.2. The Balaban J connectivity index is 1.47. The van der Waals surface area contributed by atoms with Gasteiger partial charge in [-0.15, -0.1) is 11.3 Å². The highest BCUT2D eigenvalue weighted by Crippen LogP contribution is 2.35. The van der Waals surface area contributed by atoms with Gasteiger partial charge in [0.25, 0.3) is 5.56 Å². The number of thioether (sulfide) groups is 1. The first-order chi connectivity index (χ1) is 15.5. The van der Waals surface area contributed by atoms with Crippen molar-refractivity contribution in [3.63, 3.8) is 0 Å². The van der Waals surface area contributed by atoms with Crippen LogP contribution < -0.4 is 5.56 Å². The summed E-state index contributed by atoms with van der Waals surface area (Å²) in [5.74, 6) is 0.845. The molecule has 1 amide bonds. The fourth-order valence-corrected chi connectivity index (χ4v) is 7.46. The summed E-state index contributed by atoms with van der Waals surface area (Å²) in [6, 6.07) is 0. The predicted octanol–water partition coefficient (Wildman–Crippen LogP) is 4.25. The highest BCUT2D eigenvalue weighted by Gasteiger charge is 2.29. The fourth-order valence-electron chi connectivity index (χ4n) is 5.16. The Morgan fingerprint density at radius 2 is 2.00 bits per heavy atom. The van der Waals surface area contributed by atoms with E-state index in [1.54, 1.807) is 11.3 Å². The summed E-state index contributed by atoms with van der Waals surface area (Å²) in [5.41, 5.74) is 1.27. The van der Waals surface area contributed by atoms with E-state index in [9.17, 15) is 9.59 Å². The van der Waals surface area contributed by atoms with Crippen molar-refractivity contribution < 1.29 is 9.53 Å². The summed E-state index contributed by atoms with van der Waals surface area (Å²) in [4.78, 5) is 36.0. The lowest BCUT2D eigenvalue weighted by Crippen LogP contribution is -2.42. The molecule has 8 heteroatoms. The number of rotatable bonds is 5. The number of piperidine rings is 1. The lowest BCUT2D eigenvalue weighted by molar-refractivity contribution is -0.131. The Kier molecular flexibility index (Phi) is 6.63. The second-order valence-corrected chi connectivity index (χ2v) is 12.0. The highest BCUT2D eigenvalue weighted by molar-refractivity contribution is 8.00. The minimum atomic E-state index is -0.266. The molecule has 174 valence electrons. The van der Waals surface area contributed by atoms with Crippen molar-refractivity contribution in [2.45, 2.75) is 88.3 Å². The van der Waals surface area contributed by atoms with Gasteiger partial charge in [-0.25, -0.2) is 4.98 Å². The van der Waals surface area contributed by atoms with Gasteiger partial charge in [-0.05, 0) is 69.8 Å². The molecule has 0 aromatic carbocycles. The first-order valence-corrected chi connectivity index (χ1v) is 13.8. The number of thiophene rings is 1. The molecule has 0 saturated carbocycles. The van der Waals surface area contributed by atoms with Crippen LogP contribution in [0.1, 0.15) is 62.8 Å². The summed E-state index contributed by atoms with van der Waals surface area (Å²) < 4.78 is 7.67. The van der Waals surface area contributed by atoms with Crippen molar-refractivity contribution in [1.29, 1.82) is 0 Å². The number of aryl methyl sites for hydroxylation is 2. The summed E-state index contributed by atoms with van der Waals surface area (Å²) in [6.45, 7) is 7.15. The molecule has 2 atom stereocenters. The van der Waals surface area contributed by atoms with Crippen LogP contribution in [0.15, 0.2) is 9.95 Å². The smallest absolute Gasteiger partial charge is 0.263 e. The van der Waals surface area contributed by atoms with Gasteiger partial charge in [-0.2, -0.15) is 0 Å². The molecule has 6 nitrogen and oxygen atoms in total. The zero-order valence-corrected chi connectivity index (χ0v) is 20.7. The van der Waals surface area contributed by atoms with Gasteiger partial charge in [0, 0.05) is 24.6 Å². The molecule has 2 saturated heterocycles. The number of carbonyl (C=O) groups is 1. The molecule has 2 aromatic heterocycles. The maximum Gasteiger partial charge on any atom is 0.263 e. The van der Waals surface area contributed by atoms with Gasteiger partial charge in [-0.3, -0.25) is 14.2 Å². The number of amides is 1. The van der Waals surface area contributed by atoms with Gasteiger partial charge < -0.3 is 9.64 Å². The van der Waals surface area contributed by atoms with Gasteiger partial charge in [0.2, 0.25) is 5.91 Å². The molecule has 2 aliphatic heterocycles. The van der Waals surface area contributed by atoms with Crippen LogP contribution in [0.3, 0.4) is 0 Å². The number of hydrogen-bond donors (Lipinski definition) is 0. The van der Waals surface area contributed by atoms with E-state index >= 15 is 0 Å². The molecule has 32 heavy (non-hydrogen) atoms. The molecule has 4 heterocycles. The van der Waals surface area contributed by atoms with Gasteiger partial charge in [0.15, 0.2) is 5.16 Å². The Labute approximate surface area is 197 Å². The molecule has 2 fully saturated rings. The van der Waals surface area contributed by atoms with Crippen LogP contribution in [0.25, 0.3) is 10.2 Å². The third-order valence-electron chi connectivity index (χ3n) is 7.18. The first-order valence-electron chi connectivity index (χ1n) is 12.1. The topological polar surface area (TPSA) is 64.4 Å². The molecule has 2 unspecified atom stereocenters. The Morgan fingerprint density at radius 3 is 2.75 bits per heavy atom. The van der Waals surface area contributed by atoms with E-state index in [2.05, 4.69) is 6.92 Å². The largest absolute Gasteiger partial charge is 0.376 e. The van der Waals surface area contributed by atoms with Gasteiger partial charge >= 0.3 is 0 Å². The second-order valence-electron chi connectivity index (χ2n) is 9.60. The monoisotopic (exact) mass is 475 g/mol. The summed E-state index contributed by atoms with van der Waals surface area (Å²) >= 11 is 3.12. The van der Waals surface area contributed by atoms with E-state index in [1.165, 1.54) is 28.6 Å². The summed E-state index contributed by atoms with van der Waals surface area (Å²) in [6.07, 6.45) is 8.54. The SMILES string of the molecule is CC1CCN(C(=O)C(C)Sc2nc3sc4c(c3c(=O)n2CC2CCCO2)CCCC4)CC1. The van der Waals surface area contributed by atoms with Gasteiger partial charge in [0.05, 0.1) is 23.3 Å². The second kappa shape index (κ2) is 9.47. The number of aromatic nitrogens is 2.